The summed E-state index contributed by atoms with van der Waals surface area (Å²) in [6.45, 7) is 1.38. The number of amides is 1. The number of rotatable bonds is 3. The molecule has 0 unspecified atom stereocenters. The summed E-state index contributed by atoms with van der Waals surface area (Å²) in [6, 6.07) is 3.64. The van der Waals surface area contributed by atoms with Crippen LogP contribution in [0.3, 0.4) is 0 Å². The van der Waals surface area contributed by atoms with E-state index >= 15 is 0 Å². The third-order valence-electron chi connectivity index (χ3n) is 3.60. The van der Waals surface area contributed by atoms with E-state index in [9.17, 15) is 9.18 Å². The van der Waals surface area contributed by atoms with Crippen molar-refractivity contribution >= 4 is 23.1 Å². The molecule has 3 rings (SSSR count). The number of carbonyl (C=O) groups is 1. The van der Waals surface area contributed by atoms with Crippen molar-refractivity contribution in [3.63, 3.8) is 0 Å². The second-order valence-electron chi connectivity index (χ2n) is 5.10. The van der Waals surface area contributed by atoms with Gasteiger partial charge in [0.25, 0.3) is 5.91 Å². The van der Waals surface area contributed by atoms with E-state index in [-0.39, 0.29) is 18.2 Å². The molecule has 2 fully saturated rings. The van der Waals surface area contributed by atoms with Crippen LogP contribution in [0.1, 0.15) is 6.42 Å². The Morgan fingerprint density at radius 3 is 2.95 bits per heavy atom. The lowest BCUT2D eigenvalue weighted by Crippen LogP contribution is -2.20. The highest BCUT2D eigenvalue weighted by Crippen LogP contribution is 2.22. The van der Waals surface area contributed by atoms with E-state index < -0.39 is 6.17 Å². The highest BCUT2D eigenvalue weighted by Gasteiger charge is 2.23. The SMILES string of the molecule is N=C1CNC(=O)/C1=C/Nc1ccc(N2CC[C@H](F)C2)cn1. The molecule has 2 aliphatic heterocycles. The van der Waals surface area contributed by atoms with Crippen molar-refractivity contribution in [1.82, 2.24) is 10.3 Å². The average molecular weight is 289 g/mol. The van der Waals surface area contributed by atoms with Crippen molar-refractivity contribution in [3.05, 3.63) is 30.1 Å². The summed E-state index contributed by atoms with van der Waals surface area (Å²) in [4.78, 5) is 17.6. The Bertz CT molecular complexity index is 580. The summed E-state index contributed by atoms with van der Waals surface area (Å²) < 4.78 is 13.2. The van der Waals surface area contributed by atoms with Crippen LogP contribution in [0.4, 0.5) is 15.9 Å². The first-order valence-corrected chi connectivity index (χ1v) is 6.81. The van der Waals surface area contributed by atoms with Crippen LogP contribution in [0.2, 0.25) is 0 Å². The quantitative estimate of drug-likeness (QED) is 0.727. The molecule has 1 aromatic heterocycles. The van der Waals surface area contributed by atoms with E-state index in [1.54, 1.807) is 12.3 Å². The predicted molar refractivity (Wildman–Crippen MR) is 78.4 cm³/mol. The Morgan fingerprint density at radius 2 is 2.38 bits per heavy atom. The van der Waals surface area contributed by atoms with Gasteiger partial charge in [-0.05, 0) is 18.6 Å². The van der Waals surface area contributed by atoms with Crippen molar-refractivity contribution in [2.24, 2.45) is 0 Å². The number of nitrogens with one attached hydrogen (secondary N) is 3. The van der Waals surface area contributed by atoms with Gasteiger partial charge in [0.2, 0.25) is 0 Å². The van der Waals surface area contributed by atoms with E-state index in [1.807, 2.05) is 11.0 Å². The van der Waals surface area contributed by atoms with E-state index in [4.69, 9.17) is 5.41 Å². The summed E-state index contributed by atoms with van der Waals surface area (Å²) >= 11 is 0. The Labute approximate surface area is 121 Å². The zero-order chi connectivity index (χ0) is 14.8. The van der Waals surface area contributed by atoms with Crippen LogP contribution >= 0.6 is 0 Å². The zero-order valence-electron chi connectivity index (χ0n) is 11.4. The Hall–Kier alpha value is -2.44. The fourth-order valence-electron chi connectivity index (χ4n) is 2.41. The fraction of sp³-hybridized carbons (Fsp3) is 0.357. The third-order valence-corrected chi connectivity index (χ3v) is 3.60. The molecule has 1 atom stereocenters. The number of hydrogen-bond acceptors (Lipinski definition) is 5. The molecule has 0 bridgehead atoms. The lowest BCUT2D eigenvalue weighted by Gasteiger charge is -2.17. The molecule has 0 radical (unpaired) electrons. The van der Waals surface area contributed by atoms with Gasteiger partial charge in [-0.1, -0.05) is 0 Å². The number of carbonyl (C=O) groups excluding carboxylic acids is 1. The van der Waals surface area contributed by atoms with Gasteiger partial charge in [-0.3, -0.25) is 4.79 Å². The first kappa shape index (κ1) is 13.5. The minimum atomic E-state index is -0.764. The largest absolute Gasteiger partial charge is 0.367 e. The van der Waals surface area contributed by atoms with Gasteiger partial charge in [0.15, 0.2) is 0 Å². The van der Waals surface area contributed by atoms with Crippen LogP contribution < -0.4 is 15.5 Å². The molecular weight excluding hydrogens is 273 g/mol. The Morgan fingerprint density at radius 1 is 1.52 bits per heavy atom. The number of hydrogen-bond donors (Lipinski definition) is 3. The van der Waals surface area contributed by atoms with Gasteiger partial charge in [0.1, 0.15) is 12.0 Å². The van der Waals surface area contributed by atoms with Crippen LogP contribution in [0.5, 0.6) is 0 Å². The van der Waals surface area contributed by atoms with Crippen LogP contribution in [-0.2, 0) is 4.79 Å². The van der Waals surface area contributed by atoms with Crippen LogP contribution in [0.25, 0.3) is 0 Å². The minimum Gasteiger partial charge on any atom is -0.367 e. The topological polar surface area (TPSA) is 81.1 Å². The number of anilines is 2. The van der Waals surface area contributed by atoms with Crippen LogP contribution in [0, 0.1) is 5.41 Å². The number of halogens is 1. The third kappa shape index (κ3) is 2.86. The van der Waals surface area contributed by atoms with Crippen molar-refractivity contribution < 1.29 is 9.18 Å². The van der Waals surface area contributed by atoms with Crippen molar-refractivity contribution in [2.75, 3.05) is 29.9 Å². The highest BCUT2D eigenvalue weighted by molar-refractivity contribution is 6.26. The van der Waals surface area contributed by atoms with E-state index in [0.29, 0.717) is 30.9 Å². The average Bonchev–Trinajstić information content (AvgIpc) is 3.05. The predicted octanol–water partition coefficient (Wildman–Crippen LogP) is 1.08. The maximum atomic E-state index is 13.2. The summed E-state index contributed by atoms with van der Waals surface area (Å²) in [5.74, 6) is 0.324. The summed E-state index contributed by atoms with van der Waals surface area (Å²) in [6.07, 6.45) is 2.96. The second kappa shape index (κ2) is 5.51. The van der Waals surface area contributed by atoms with Gasteiger partial charge in [0.05, 0.1) is 29.7 Å². The zero-order valence-corrected chi connectivity index (χ0v) is 11.4. The Balaban J connectivity index is 1.66. The number of aromatic nitrogens is 1. The van der Waals surface area contributed by atoms with Gasteiger partial charge in [-0.2, -0.15) is 0 Å². The molecule has 2 saturated heterocycles. The summed E-state index contributed by atoms with van der Waals surface area (Å²) in [5.41, 5.74) is 1.47. The smallest absolute Gasteiger partial charge is 0.254 e. The first-order chi connectivity index (χ1) is 10.1. The van der Waals surface area contributed by atoms with E-state index in [0.717, 1.165) is 5.69 Å². The molecule has 3 heterocycles. The molecule has 6 nitrogen and oxygen atoms in total. The van der Waals surface area contributed by atoms with Crippen LogP contribution in [-0.4, -0.2) is 42.4 Å². The molecule has 0 spiro atoms. The van der Waals surface area contributed by atoms with Gasteiger partial charge in [-0.25, -0.2) is 9.37 Å². The lowest BCUT2D eigenvalue weighted by atomic mass is 10.2. The molecular formula is C14H16FN5O. The Kier molecular flexibility index (Phi) is 3.55. The number of pyridine rings is 1. The molecule has 1 aromatic rings. The molecule has 1 amide bonds. The fourth-order valence-corrected chi connectivity index (χ4v) is 2.41. The van der Waals surface area contributed by atoms with Gasteiger partial charge in [0, 0.05) is 19.3 Å². The monoisotopic (exact) mass is 289 g/mol. The molecule has 7 heteroatoms. The standard InChI is InChI=1S/C14H16FN5O/c15-9-3-4-20(8-9)10-1-2-13(17-5-10)18-6-11-12(16)7-19-14(11)21/h1-2,5-6,9,16H,3-4,7-8H2,(H,17,18)(H,19,21)/b11-6+,16-12?/t9-/m0/s1. The van der Waals surface area contributed by atoms with Gasteiger partial charge < -0.3 is 20.9 Å². The minimum absolute atomic E-state index is 0.254. The summed E-state index contributed by atoms with van der Waals surface area (Å²) in [7, 11) is 0. The summed E-state index contributed by atoms with van der Waals surface area (Å²) in [5, 5.41) is 13.1. The highest BCUT2D eigenvalue weighted by atomic mass is 19.1. The van der Waals surface area contributed by atoms with Crippen molar-refractivity contribution in [3.8, 4) is 0 Å². The normalized spacial score (nSPS) is 23.8. The number of alkyl halides is 1. The lowest BCUT2D eigenvalue weighted by molar-refractivity contribution is -0.116. The molecule has 3 N–H and O–H groups in total. The molecule has 0 aromatic carbocycles. The van der Waals surface area contributed by atoms with Crippen molar-refractivity contribution in [2.45, 2.75) is 12.6 Å². The maximum Gasteiger partial charge on any atom is 0.254 e. The molecule has 2 aliphatic rings. The number of nitrogens with zero attached hydrogens (tertiary/aromatic N) is 2. The van der Waals surface area contributed by atoms with E-state index in [1.165, 1.54) is 6.20 Å². The maximum absolute atomic E-state index is 13.2. The molecule has 110 valence electrons. The van der Waals surface area contributed by atoms with Crippen molar-refractivity contribution in [1.29, 1.82) is 5.41 Å². The van der Waals surface area contributed by atoms with Crippen LogP contribution in [0.15, 0.2) is 30.1 Å². The molecule has 0 aliphatic carbocycles. The van der Waals surface area contributed by atoms with Gasteiger partial charge >= 0.3 is 0 Å². The molecule has 0 saturated carbocycles. The first-order valence-electron chi connectivity index (χ1n) is 6.81. The van der Waals surface area contributed by atoms with Gasteiger partial charge in [-0.15, -0.1) is 0 Å². The van der Waals surface area contributed by atoms with E-state index in [2.05, 4.69) is 15.6 Å². The second-order valence-corrected chi connectivity index (χ2v) is 5.10. The molecule has 21 heavy (non-hydrogen) atoms.